The Morgan fingerprint density at radius 3 is 2.72 bits per heavy atom. The first-order valence-electron chi connectivity index (χ1n) is 8.33. The predicted octanol–water partition coefficient (Wildman–Crippen LogP) is 1.39. The number of aromatic nitrogens is 3. The molecular weight excluding hydrogens is 318 g/mol. The summed E-state index contributed by atoms with van der Waals surface area (Å²) in [5, 5.41) is 27.8. The SMILES string of the molecule is CC(C)n1cc(C2(O)CCN(C(=O)Cc3ccc(C#N)cc3)C2)nn1. The molecule has 1 aromatic carbocycles. The summed E-state index contributed by atoms with van der Waals surface area (Å²) < 4.78 is 1.70. The van der Waals surface area contributed by atoms with E-state index in [1.807, 2.05) is 13.8 Å². The molecule has 1 unspecified atom stereocenters. The summed E-state index contributed by atoms with van der Waals surface area (Å²) in [5.41, 5.74) is 0.785. The van der Waals surface area contributed by atoms with Gasteiger partial charge in [0.2, 0.25) is 5.91 Å². The Labute approximate surface area is 146 Å². The number of aliphatic hydroxyl groups is 1. The van der Waals surface area contributed by atoms with E-state index in [2.05, 4.69) is 16.4 Å². The lowest BCUT2D eigenvalue weighted by Gasteiger charge is -2.21. The average molecular weight is 339 g/mol. The monoisotopic (exact) mass is 339 g/mol. The van der Waals surface area contributed by atoms with Crippen LogP contribution >= 0.6 is 0 Å². The second-order valence-electron chi connectivity index (χ2n) is 6.76. The first-order valence-corrected chi connectivity index (χ1v) is 8.33. The van der Waals surface area contributed by atoms with Crippen molar-refractivity contribution < 1.29 is 9.90 Å². The van der Waals surface area contributed by atoms with Crippen LogP contribution in [0.2, 0.25) is 0 Å². The van der Waals surface area contributed by atoms with Crippen molar-refractivity contribution in [2.75, 3.05) is 13.1 Å². The Bertz CT molecular complexity index is 806. The van der Waals surface area contributed by atoms with E-state index in [4.69, 9.17) is 5.26 Å². The molecule has 1 aliphatic rings. The Balaban J connectivity index is 1.66. The number of rotatable bonds is 4. The molecule has 0 bridgehead atoms. The Kier molecular flexibility index (Phi) is 4.55. The van der Waals surface area contributed by atoms with Crippen molar-refractivity contribution in [2.45, 2.75) is 38.3 Å². The topological polar surface area (TPSA) is 95.0 Å². The number of hydrogen-bond acceptors (Lipinski definition) is 5. The lowest BCUT2D eigenvalue weighted by molar-refractivity contribution is -0.130. The molecule has 25 heavy (non-hydrogen) atoms. The zero-order chi connectivity index (χ0) is 18.0. The second-order valence-corrected chi connectivity index (χ2v) is 6.76. The predicted molar refractivity (Wildman–Crippen MR) is 90.4 cm³/mol. The van der Waals surface area contributed by atoms with Crippen LogP contribution in [0.5, 0.6) is 0 Å². The number of β-amino-alcohol motifs (C(OH)–C–C–N with tert-alkyl or cyclic N) is 1. The van der Waals surface area contributed by atoms with Crippen molar-refractivity contribution >= 4 is 5.91 Å². The second kappa shape index (κ2) is 6.65. The molecule has 1 N–H and O–H groups in total. The van der Waals surface area contributed by atoms with Gasteiger partial charge in [-0.2, -0.15) is 5.26 Å². The summed E-state index contributed by atoms with van der Waals surface area (Å²) >= 11 is 0. The van der Waals surface area contributed by atoms with Crippen LogP contribution in [0.15, 0.2) is 30.5 Å². The Hall–Kier alpha value is -2.72. The van der Waals surface area contributed by atoms with Gasteiger partial charge in [-0.1, -0.05) is 17.3 Å². The van der Waals surface area contributed by atoms with Gasteiger partial charge in [0, 0.05) is 19.0 Å². The molecule has 7 nitrogen and oxygen atoms in total. The van der Waals surface area contributed by atoms with Gasteiger partial charge in [0.15, 0.2) is 0 Å². The first-order chi connectivity index (χ1) is 11.9. The van der Waals surface area contributed by atoms with Gasteiger partial charge in [0.25, 0.3) is 0 Å². The fourth-order valence-electron chi connectivity index (χ4n) is 2.94. The molecule has 2 heterocycles. The van der Waals surface area contributed by atoms with Crippen molar-refractivity contribution in [3.05, 3.63) is 47.3 Å². The van der Waals surface area contributed by atoms with E-state index in [1.165, 1.54) is 0 Å². The maximum absolute atomic E-state index is 12.5. The van der Waals surface area contributed by atoms with Gasteiger partial charge in [0.1, 0.15) is 11.3 Å². The fraction of sp³-hybridized carbons (Fsp3) is 0.444. The third-order valence-corrected chi connectivity index (χ3v) is 4.55. The number of carbonyl (C=O) groups is 1. The van der Waals surface area contributed by atoms with E-state index < -0.39 is 5.60 Å². The van der Waals surface area contributed by atoms with Crippen LogP contribution in [0.3, 0.4) is 0 Å². The minimum absolute atomic E-state index is 0.0446. The molecule has 3 rings (SSSR count). The minimum atomic E-state index is -1.15. The lowest BCUT2D eigenvalue weighted by atomic mass is 10.00. The molecule has 1 amide bonds. The molecular formula is C18H21N5O2. The molecule has 1 atom stereocenters. The van der Waals surface area contributed by atoms with E-state index in [1.54, 1.807) is 40.0 Å². The zero-order valence-corrected chi connectivity index (χ0v) is 14.4. The lowest BCUT2D eigenvalue weighted by Crippen LogP contribution is -2.35. The zero-order valence-electron chi connectivity index (χ0n) is 14.4. The van der Waals surface area contributed by atoms with Crippen LogP contribution in [0.4, 0.5) is 0 Å². The van der Waals surface area contributed by atoms with Crippen molar-refractivity contribution in [1.82, 2.24) is 19.9 Å². The van der Waals surface area contributed by atoms with Gasteiger partial charge in [-0.15, -0.1) is 5.10 Å². The van der Waals surface area contributed by atoms with Gasteiger partial charge in [-0.3, -0.25) is 4.79 Å². The Morgan fingerprint density at radius 2 is 2.12 bits per heavy atom. The van der Waals surface area contributed by atoms with Crippen LogP contribution in [0, 0.1) is 11.3 Å². The van der Waals surface area contributed by atoms with Crippen LogP contribution in [-0.2, 0) is 16.8 Å². The highest BCUT2D eigenvalue weighted by Crippen LogP contribution is 2.31. The average Bonchev–Trinajstić information content (AvgIpc) is 3.23. The normalized spacial score (nSPS) is 20.0. The molecule has 1 fully saturated rings. The van der Waals surface area contributed by atoms with Crippen LogP contribution in [0.25, 0.3) is 0 Å². The van der Waals surface area contributed by atoms with Gasteiger partial charge in [0.05, 0.1) is 30.8 Å². The molecule has 0 saturated carbocycles. The van der Waals surface area contributed by atoms with Crippen molar-refractivity contribution in [2.24, 2.45) is 0 Å². The summed E-state index contributed by atoms with van der Waals surface area (Å²) in [6.45, 7) is 4.69. The maximum Gasteiger partial charge on any atom is 0.227 e. The minimum Gasteiger partial charge on any atom is -0.381 e. The van der Waals surface area contributed by atoms with E-state index in [0.717, 1.165) is 5.56 Å². The van der Waals surface area contributed by atoms with Crippen molar-refractivity contribution in [3.8, 4) is 6.07 Å². The largest absolute Gasteiger partial charge is 0.381 e. The highest BCUT2D eigenvalue weighted by atomic mass is 16.3. The number of nitriles is 1. The van der Waals surface area contributed by atoms with E-state index in [9.17, 15) is 9.90 Å². The number of benzene rings is 1. The number of amides is 1. The molecule has 2 aromatic rings. The summed E-state index contributed by atoms with van der Waals surface area (Å²) in [5.74, 6) is -0.0446. The van der Waals surface area contributed by atoms with E-state index in [-0.39, 0.29) is 24.9 Å². The van der Waals surface area contributed by atoms with Crippen molar-refractivity contribution in [3.63, 3.8) is 0 Å². The molecule has 130 valence electrons. The summed E-state index contributed by atoms with van der Waals surface area (Å²) in [6.07, 6.45) is 2.45. The molecule has 0 radical (unpaired) electrons. The summed E-state index contributed by atoms with van der Waals surface area (Å²) in [4.78, 5) is 14.2. The first kappa shape index (κ1) is 17.1. The van der Waals surface area contributed by atoms with Crippen molar-refractivity contribution in [1.29, 1.82) is 5.26 Å². The summed E-state index contributed by atoms with van der Waals surface area (Å²) in [7, 11) is 0. The Morgan fingerprint density at radius 1 is 1.40 bits per heavy atom. The molecule has 0 aliphatic carbocycles. The number of nitrogens with zero attached hydrogens (tertiary/aromatic N) is 5. The van der Waals surface area contributed by atoms with Crippen LogP contribution in [0.1, 0.15) is 43.1 Å². The standard InChI is InChI=1S/C18H21N5O2/c1-13(2)23-11-16(20-21-23)18(25)7-8-22(12-18)17(24)9-14-3-5-15(10-19)6-4-14/h3-6,11,13,25H,7-9,12H2,1-2H3. The van der Waals surface area contributed by atoms with Gasteiger partial charge in [-0.25, -0.2) is 4.68 Å². The van der Waals surface area contributed by atoms with Crippen LogP contribution < -0.4 is 0 Å². The summed E-state index contributed by atoms with van der Waals surface area (Å²) in [6, 6.07) is 9.20. The third kappa shape index (κ3) is 3.54. The maximum atomic E-state index is 12.5. The molecule has 1 saturated heterocycles. The molecule has 1 aromatic heterocycles. The quantitative estimate of drug-likeness (QED) is 0.908. The van der Waals surface area contributed by atoms with Gasteiger partial charge >= 0.3 is 0 Å². The van der Waals surface area contributed by atoms with Crippen LogP contribution in [-0.4, -0.2) is 44.0 Å². The molecule has 7 heteroatoms. The highest BCUT2D eigenvalue weighted by molar-refractivity contribution is 5.79. The van der Waals surface area contributed by atoms with E-state index >= 15 is 0 Å². The highest BCUT2D eigenvalue weighted by Gasteiger charge is 2.41. The molecule has 1 aliphatic heterocycles. The van der Waals surface area contributed by atoms with Gasteiger partial charge < -0.3 is 10.0 Å². The van der Waals surface area contributed by atoms with E-state index in [0.29, 0.717) is 24.2 Å². The molecule has 0 spiro atoms. The fourth-order valence-corrected chi connectivity index (χ4v) is 2.94. The third-order valence-electron chi connectivity index (χ3n) is 4.55. The van der Waals surface area contributed by atoms with Gasteiger partial charge in [-0.05, 0) is 31.5 Å². The number of carbonyl (C=O) groups excluding carboxylic acids is 1. The number of likely N-dealkylation sites (tertiary alicyclic amines) is 1. The smallest absolute Gasteiger partial charge is 0.227 e. The number of hydrogen-bond donors (Lipinski definition) is 1.